The number of carbonyl (C=O) groups is 1. The summed E-state index contributed by atoms with van der Waals surface area (Å²) in [4.78, 5) is 12.6. The van der Waals surface area contributed by atoms with E-state index in [2.05, 4.69) is 43.5 Å². The Bertz CT molecular complexity index is 1060. The molecule has 5 N–H and O–H groups in total. The molecule has 4 atom stereocenters. The minimum atomic E-state index is -1.28. The van der Waals surface area contributed by atoms with Crippen LogP contribution in [0.15, 0.2) is 24.3 Å². The topological polar surface area (TPSA) is 110 Å². The van der Waals surface area contributed by atoms with Crippen LogP contribution < -0.4 is 5.32 Å². The van der Waals surface area contributed by atoms with Gasteiger partial charge in [0.25, 0.3) is 0 Å². The lowest BCUT2D eigenvalue weighted by Gasteiger charge is -2.27. The minimum Gasteiger partial charge on any atom is -0.394 e. The van der Waals surface area contributed by atoms with E-state index in [9.17, 15) is 25.2 Å². The SMILES string of the molecule is CCCCCCCCCCCCC/C=C/CCCC(O)C(O)C(CO)NC(=O)C(O)CCCCCCCCCCCCCCCCCC/C=C\CCCCCCCCCCCCCCCCCCCC. The molecule has 0 aliphatic heterocycles. The van der Waals surface area contributed by atoms with Gasteiger partial charge in [-0.1, -0.05) is 308 Å². The maximum absolute atomic E-state index is 12.6. The van der Waals surface area contributed by atoms with Crippen molar-refractivity contribution < 1.29 is 25.2 Å². The molecule has 0 radical (unpaired) electrons. The van der Waals surface area contributed by atoms with Crippen molar-refractivity contribution in [2.45, 2.75) is 372 Å². The molecule has 0 aromatic carbocycles. The van der Waals surface area contributed by atoms with E-state index in [1.807, 2.05) is 0 Å². The van der Waals surface area contributed by atoms with Crippen molar-refractivity contribution in [3.63, 3.8) is 0 Å². The number of rotatable bonds is 59. The fraction of sp³-hybridized carbons (Fsp3) is 0.922. The molecule has 4 unspecified atom stereocenters. The van der Waals surface area contributed by atoms with Crippen LogP contribution in [0.4, 0.5) is 0 Å². The second kappa shape index (κ2) is 58.7. The van der Waals surface area contributed by atoms with E-state index in [4.69, 9.17) is 0 Å². The fourth-order valence-electron chi connectivity index (χ4n) is 10.2. The maximum Gasteiger partial charge on any atom is 0.249 e. The molecule has 70 heavy (non-hydrogen) atoms. The number of aliphatic hydroxyl groups is 4. The van der Waals surface area contributed by atoms with E-state index in [-0.39, 0.29) is 0 Å². The molecule has 0 spiro atoms. The van der Waals surface area contributed by atoms with Crippen molar-refractivity contribution >= 4 is 5.91 Å². The Kier molecular flexibility index (Phi) is 57.7. The Morgan fingerprint density at radius 1 is 0.343 bits per heavy atom. The zero-order valence-electron chi connectivity index (χ0n) is 47.3. The van der Waals surface area contributed by atoms with Crippen molar-refractivity contribution in [3.05, 3.63) is 24.3 Å². The van der Waals surface area contributed by atoms with Crippen molar-refractivity contribution in [2.24, 2.45) is 0 Å². The summed E-state index contributed by atoms with van der Waals surface area (Å²) in [5.74, 6) is -0.588. The summed E-state index contributed by atoms with van der Waals surface area (Å²) in [7, 11) is 0. The minimum absolute atomic E-state index is 0.366. The van der Waals surface area contributed by atoms with E-state index < -0.39 is 36.9 Å². The van der Waals surface area contributed by atoms with E-state index >= 15 is 0 Å². The third-order valence-electron chi connectivity index (χ3n) is 15.1. The molecule has 0 bridgehead atoms. The summed E-state index contributed by atoms with van der Waals surface area (Å²) in [6, 6.07) is -1.00. The van der Waals surface area contributed by atoms with Gasteiger partial charge in [-0.25, -0.2) is 0 Å². The Labute approximate surface area is 437 Å². The molecule has 6 nitrogen and oxygen atoms in total. The van der Waals surface area contributed by atoms with Crippen molar-refractivity contribution in [1.82, 2.24) is 5.32 Å². The number of carbonyl (C=O) groups excluding carboxylic acids is 1. The number of unbranched alkanes of at least 4 members (excludes halogenated alkanes) is 46. The zero-order valence-corrected chi connectivity index (χ0v) is 47.3. The summed E-state index contributed by atoms with van der Waals surface area (Å²) in [6.07, 6.45) is 73.0. The molecule has 0 saturated carbocycles. The second-order valence-corrected chi connectivity index (χ2v) is 22.1. The van der Waals surface area contributed by atoms with Crippen LogP contribution >= 0.6 is 0 Å². The first-order chi connectivity index (χ1) is 34.5. The third kappa shape index (κ3) is 51.7. The zero-order chi connectivity index (χ0) is 50.9. The fourth-order valence-corrected chi connectivity index (χ4v) is 10.2. The van der Waals surface area contributed by atoms with Crippen LogP contribution in [-0.4, -0.2) is 57.3 Å². The predicted molar refractivity (Wildman–Crippen MR) is 307 cm³/mol. The van der Waals surface area contributed by atoms with E-state index in [0.717, 1.165) is 38.5 Å². The number of amides is 1. The quantitative estimate of drug-likeness (QED) is 0.0308. The molecule has 6 heteroatoms. The Balaban J connectivity index is 3.52. The van der Waals surface area contributed by atoms with Gasteiger partial charge in [0.15, 0.2) is 0 Å². The highest BCUT2D eigenvalue weighted by Gasteiger charge is 2.28. The molecule has 0 aliphatic carbocycles. The smallest absolute Gasteiger partial charge is 0.249 e. The lowest BCUT2D eigenvalue weighted by molar-refractivity contribution is -0.132. The first kappa shape index (κ1) is 68.8. The van der Waals surface area contributed by atoms with Crippen LogP contribution in [0.25, 0.3) is 0 Å². The van der Waals surface area contributed by atoms with Crippen LogP contribution in [0, 0.1) is 0 Å². The molecular weight excluding hydrogens is 863 g/mol. The normalized spacial score (nSPS) is 13.7. The predicted octanol–water partition coefficient (Wildman–Crippen LogP) is 19.0. The number of aliphatic hydroxyl groups excluding tert-OH is 4. The lowest BCUT2D eigenvalue weighted by Crippen LogP contribution is -2.53. The number of hydrogen-bond acceptors (Lipinski definition) is 5. The molecule has 0 rings (SSSR count). The Morgan fingerprint density at radius 3 is 0.857 bits per heavy atom. The van der Waals surface area contributed by atoms with E-state index in [1.54, 1.807) is 0 Å². The van der Waals surface area contributed by atoms with Gasteiger partial charge in [-0.3, -0.25) is 4.79 Å². The first-order valence-electron chi connectivity index (χ1n) is 31.7. The standard InChI is InChI=1S/C64H125NO5/c1-3-5-7-9-11-13-15-17-19-21-22-23-24-25-26-27-28-29-30-31-32-33-34-35-36-37-38-39-40-41-42-44-46-48-50-52-54-56-58-62(68)64(70)65-60(59-66)63(69)61(67)57-55-53-51-49-47-45-43-20-18-16-14-12-10-8-6-4-2/h31-32,49,51,60-63,66-69H,3-30,33-48,50,52-59H2,1-2H3,(H,65,70)/b32-31-,51-49+. The third-order valence-corrected chi connectivity index (χ3v) is 15.1. The first-order valence-corrected chi connectivity index (χ1v) is 31.7. The van der Waals surface area contributed by atoms with Crippen molar-refractivity contribution in [1.29, 1.82) is 0 Å². The Hall–Kier alpha value is -1.21. The summed E-state index contributed by atoms with van der Waals surface area (Å²) in [6.45, 7) is 4.08. The molecule has 0 aromatic rings. The average Bonchev–Trinajstić information content (AvgIpc) is 3.36. The Morgan fingerprint density at radius 2 is 0.586 bits per heavy atom. The van der Waals surface area contributed by atoms with Gasteiger partial charge in [0, 0.05) is 0 Å². The molecule has 0 heterocycles. The highest BCUT2D eigenvalue weighted by Crippen LogP contribution is 2.18. The average molecular weight is 989 g/mol. The van der Waals surface area contributed by atoms with Gasteiger partial charge in [-0.15, -0.1) is 0 Å². The number of hydrogen-bond donors (Lipinski definition) is 5. The van der Waals surface area contributed by atoms with Crippen molar-refractivity contribution in [3.8, 4) is 0 Å². The highest BCUT2D eigenvalue weighted by molar-refractivity contribution is 5.80. The van der Waals surface area contributed by atoms with Gasteiger partial charge < -0.3 is 25.7 Å². The number of nitrogens with one attached hydrogen (secondary N) is 1. The van der Waals surface area contributed by atoms with Crippen LogP contribution in [0.1, 0.15) is 348 Å². The van der Waals surface area contributed by atoms with Gasteiger partial charge >= 0.3 is 0 Å². The summed E-state index contributed by atoms with van der Waals surface area (Å²) in [5, 5.41) is 44.0. The monoisotopic (exact) mass is 988 g/mol. The largest absolute Gasteiger partial charge is 0.394 e. The van der Waals surface area contributed by atoms with Gasteiger partial charge in [0.05, 0.1) is 18.8 Å². The van der Waals surface area contributed by atoms with Crippen LogP contribution in [0.5, 0.6) is 0 Å². The van der Waals surface area contributed by atoms with Crippen LogP contribution in [0.2, 0.25) is 0 Å². The number of allylic oxidation sites excluding steroid dienone is 4. The van der Waals surface area contributed by atoms with E-state index in [1.165, 1.54) is 283 Å². The summed E-state index contributed by atoms with van der Waals surface area (Å²) in [5.41, 5.74) is 0. The molecular formula is C64H125NO5. The van der Waals surface area contributed by atoms with Crippen LogP contribution in [-0.2, 0) is 4.79 Å². The van der Waals surface area contributed by atoms with Gasteiger partial charge in [0.2, 0.25) is 5.91 Å². The molecule has 416 valence electrons. The molecule has 0 fully saturated rings. The molecule has 0 aromatic heterocycles. The molecule has 0 aliphatic rings. The lowest BCUT2D eigenvalue weighted by atomic mass is 10.00. The molecule has 1 amide bonds. The van der Waals surface area contributed by atoms with Gasteiger partial charge in [-0.2, -0.15) is 0 Å². The second-order valence-electron chi connectivity index (χ2n) is 22.1. The summed E-state index contributed by atoms with van der Waals surface area (Å²) >= 11 is 0. The highest BCUT2D eigenvalue weighted by atomic mass is 16.3. The van der Waals surface area contributed by atoms with E-state index in [0.29, 0.717) is 12.8 Å². The van der Waals surface area contributed by atoms with Crippen molar-refractivity contribution in [2.75, 3.05) is 6.61 Å². The van der Waals surface area contributed by atoms with Gasteiger partial charge in [0.1, 0.15) is 12.2 Å². The summed E-state index contributed by atoms with van der Waals surface area (Å²) < 4.78 is 0. The molecule has 0 saturated heterocycles. The van der Waals surface area contributed by atoms with Gasteiger partial charge in [-0.05, 0) is 64.2 Å². The van der Waals surface area contributed by atoms with Crippen LogP contribution in [0.3, 0.4) is 0 Å². The maximum atomic E-state index is 12.6.